The van der Waals surface area contributed by atoms with Crippen molar-refractivity contribution in [3.63, 3.8) is 0 Å². The Hall–Kier alpha value is -2.16. The molecule has 0 aliphatic heterocycles. The maximum atomic E-state index is 9.63. The molecule has 0 radical (unpaired) electrons. The van der Waals surface area contributed by atoms with Crippen LogP contribution in [0.2, 0.25) is 0 Å². The number of nitrogens with two attached hydrogens (primary N) is 1. The summed E-state index contributed by atoms with van der Waals surface area (Å²) >= 11 is 0. The Kier molecular flexibility index (Phi) is 7.42. The molecule has 0 spiro atoms. The molecule has 0 saturated heterocycles. The molecule has 0 aromatic rings. The lowest BCUT2D eigenvalue weighted by atomic mass is 10.3. The van der Waals surface area contributed by atoms with Crippen molar-refractivity contribution in [1.82, 2.24) is 0 Å². The van der Waals surface area contributed by atoms with E-state index < -0.39 is 36.3 Å². The second kappa shape index (κ2) is 7.26. The van der Waals surface area contributed by atoms with Gasteiger partial charge >= 0.3 is 23.9 Å². The van der Waals surface area contributed by atoms with Crippen molar-refractivity contribution in [1.29, 1.82) is 0 Å². The molecule has 0 aliphatic rings. The minimum Gasteiger partial charge on any atom is -0.481 e. The van der Waals surface area contributed by atoms with Crippen molar-refractivity contribution in [2.45, 2.75) is 12.5 Å². The lowest BCUT2D eigenvalue weighted by Gasteiger charge is -1.95. The molecule has 0 amide bonds. The van der Waals surface area contributed by atoms with Crippen LogP contribution in [0.1, 0.15) is 6.42 Å². The van der Waals surface area contributed by atoms with Crippen LogP contribution in [-0.4, -0.2) is 50.3 Å². The van der Waals surface area contributed by atoms with Crippen molar-refractivity contribution in [3.05, 3.63) is 0 Å². The molecule has 0 bridgehead atoms. The van der Waals surface area contributed by atoms with E-state index in [9.17, 15) is 19.2 Å². The van der Waals surface area contributed by atoms with Crippen molar-refractivity contribution in [3.8, 4) is 0 Å². The van der Waals surface area contributed by atoms with Crippen LogP contribution in [0.3, 0.4) is 0 Å². The van der Waals surface area contributed by atoms with Crippen LogP contribution in [-0.2, 0) is 19.2 Å². The summed E-state index contributed by atoms with van der Waals surface area (Å²) in [5, 5.41) is 31.1. The van der Waals surface area contributed by atoms with Crippen LogP contribution >= 0.6 is 0 Å². The highest BCUT2D eigenvalue weighted by molar-refractivity contribution is 5.96. The van der Waals surface area contributed by atoms with Crippen LogP contribution in [0.4, 0.5) is 0 Å². The van der Waals surface area contributed by atoms with E-state index in [-0.39, 0.29) is 0 Å². The number of carbonyl (C=O) groups is 4. The first-order chi connectivity index (χ1) is 6.68. The molecule has 0 aromatic carbocycles. The zero-order valence-corrected chi connectivity index (χ0v) is 7.28. The first-order valence-electron chi connectivity index (χ1n) is 3.33. The molecule has 86 valence electrons. The van der Waals surface area contributed by atoms with Gasteiger partial charge in [-0.15, -0.1) is 0 Å². The Balaban J connectivity index is 0. The summed E-state index contributed by atoms with van der Waals surface area (Å²) in [6.45, 7) is 0. The first kappa shape index (κ1) is 15.3. The summed E-state index contributed by atoms with van der Waals surface area (Å²) in [5.41, 5.74) is 4.56. The molecule has 0 aromatic heterocycles. The summed E-state index contributed by atoms with van der Waals surface area (Å²) in [6.07, 6.45) is -0.806. The number of hydrogen-bond acceptors (Lipinski definition) is 5. The molecule has 9 nitrogen and oxygen atoms in total. The van der Waals surface area contributed by atoms with E-state index in [1.165, 1.54) is 0 Å². The summed E-state index contributed by atoms with van der Waals surface area (Å²) in [5.74, 6) is -5.69. The van der Waals surface area contributed by atoms with Gasteiger partial charge in [0.15, 0.2) is 0 Å². The Morgan fingerprint density at radius 3 is 1.13 bits per heavy atom. The average molecular weight is 223 g/mol. The number of rotatable bonds is 4. The highest BCUT2D eigenvalue weighted by atomic mass is 16.4. The quantitative estimate of drug-likeness (QED) is 0.338. The SMILES string of the molecule is NC(C(=O)O)C(=O)O.O=C(O)CC(=O)O. The summed E-state index contributed by atoms with van der Waals surface area (Å²) < 4.78 is 0. The number of carboxylic acid groups (broad SMARTS) is 4. The van der Waals surface area contributed by atoms with E-state index in [4.69, 9.17) is 20.4 Å². The van der Waals surface area contributed by atoms with E-state index in [0.717, 1.165) is 0 Å². The largest absolute Gasteiger partial charge is 0.481 e. The van der Waals surface area contributed by atoms with E-state index in [0.29, 0.717) is 0 Å². The fourth-order valence-corrected chi connectivity index (χ4v) is 0.235. The normalized spacial score (nSPS) is 8.67. The second-order valence-corrected chi connectivity index (χ2v) is 2.12. The zero-order valence-electron chi connectivity index (χ0n) is 7.28. The van der Waals surface area contributed by atoms with Crippen molar-refractivity contribution >= 4 is 23.9 Å². The van der Waals surface area contributed by atoms with Gasteiger partial charge in [0, 0.05) is 0 Å². The number of aliphatic carboxylic acids is 4. The van der Waals surface area contributed by atoms with Gasteiger partial charge in [-0.05, 0) is 0 Å². The van der Waals surface area contributed by atoms with Gasteiger partial charge in [-0.1, -0.05) is 0 Å². The minimum absolute atomic E-state index is 0.806. The smallest absolute Gasteiger partial charge is 0.332 e. The van der Waals surface area contributed by atoms with E-state index in [1.807, 2.05) is 0 Å². The number of hydrogen-bond donors (Lipinski definition) is 5. The van der Waals surface area contributed by atoms with Crippen molar-refractivity contribution in [2.24, 2.45) is 5.73 Å². The van der Waals surface area contributed by atoms with Crippen LogP contribution in [0, 0.1) is 0 Å². The molecule has 0 fully saturated rings. The summed E-state index contributed by atoms with van der Waals surface area (Å²) in [4.78, 5) is 38.1. The third kappa shape index (κ3) is 11.8. The molecule has 0 rings (SSSR count). The van der Waals surface area contributed by atoms with Gasteiger partial charge in [0.05, 0.1) is 0 Å². The molecule has 9 heteroatoms. The fourth-order valence-electron chi connectivity index (χ4n) is 0.235. The molecule has 6 N–H and O–H groups in total. The topological polar surface area (TPSA) is 175 Å². The second-order valence-electron chi connectivity index (χ2n) is 2.12. The molecule has 0 heterocycles. The van der Waals surface area contributed by atoms with E-state index in [2.05, 4.69) is 5.73 Å². The minimum atomic E-state index is -1.80. The Labute approximate surface area is 82.7 Å². The fraction of sp³-hybridized carbons (Fsp3) is 0.333. The van der Waals surface area contributed by atoms with E-state index in [1.54, 1.807) is 0 Å². The van der Waals surface area contributed by atoms with Crippen LogP contribution in [0.15, 0.2) is 0 Å². The zero-order chi connectivity index (χ0) is 12.6. The molecular formula is C6H9NO8. The monoisotopic (exact) mass is 223 g/mol. The van der Waals surface area contributed by atoms with Crippen LogP contribution in [0.5, 0.6) is 0 Å². The molecule has 15 heavy (non-hydrogen) atoms. The van der Waals surface area contributed by atoms with Gasteiger partial charge in [0.1, 0.15) is 6.42 Å². The average Bonchev–Trinajstić information content (AvgIpc) is 2.00. The lowest BCUT2D eigenvalue weighted by Crippen LogP contribution is -2.38. The standard InChI is InChI=1S/C3H5NO4.C3H4O4/c4-1(2(5)6)3(7)8;4-2(5)1-3(6)7/h1H,4H2,(H,5,6)(H,7,8);1H2,(H,4,5)(H,6,7). The molecule has 0 saturated carbocycles. The highest BCUT2D eigenvalue weighted by Crippen LogP contribution is 1.75. The summed E-state index contributed by atoms with van der Waals surface area (Å²) in [6, 6.07) is -1.80. The van der Waals surface area contributed by atoms with Crippen LogP contribution in [0.25, 0.3) is 0 Å². The van der Waals surface area contributed by atoms with Gasteiger partial charge in [-0.3, -0.25) is 9.59 Å². The molecular weight excluding hydrogens is 214 g/mol. The van der Waals surface area contributed by atoms with Gasteiger partial charge < -0.3 is 26.2 Å². The van der Waals surface area contributed by atoms with Gasteiger partial charge in [0.25, 0.3) is 0 Å². The lowest BCUT2D eigenvalue weighted by molar-refractivity contribution is -0.150. The third-order valence-electron chi connectivity index (χ3n) is 0.835. The highest BCUT2D eigenvalue weighted by Gasteiger charge is 2.18. The third-order valence-corrected chi connectivity index (χ3v) is 0.835. The van der Waals surface area contributed by atoms with Crippen molar-refractivity contribution < 1.29 is 39.6 Å². The Morgan fingerprint density at radius 1 is 0.867 bits per heavy atom. The molecule has 0 unspecified atom stereocenters. The van der Waals surface area contributed by atoms with Gasteiger partial charge in [0.2, 0.25) is 6.04 Å². The number of carboxylic acids is 4. The first-order valence-corrected chi connectivity index (χ1v) is 3.33. The van der Waals surface area contributed by atoms with Gasteiger partial charge in [-0.2, -0.15) is 0 Å². The predicted octanol–water partition coefficient (Wildman–Crippen LogP) is -1.97. The summed E-state index contributed by atoms with van der Waals surface area (Å²) in [7, 11) is 0. The maximum absolute atomic E-state index is 9.63. The Bertz CT molecular complexity index is 246. The van der Waals surface area contributed by atoms with Crippen LogP contribution < -0.4 is 5.73 Å². The predicted molar refractivity (Wildman–Crippen MR) is 43.1 cm³/mol. The van der Waals surface area contributed by atoms with Crippen molar-refractivity contribution in [2.75, 3.05) is 0 Å². The van der Waals surface area contributed by atoms with E-state index >= 15 is 0 Å². The maximum Gasteiger partial charge on any atom is 0.332 e. The molecule has 0 atom stereocenters. The van der Waals surface area contributed by atoms with Gasteiger partial charge in [-0.25, -0.2) is 9.59 Å². The molecule has 0 aliphatic carbocycles. The Morgan fingerprint density at radius 2 is 1.13 bits per heavy atom.